The van der Waals surface area contributed by atoms with Crippen molar-refractivity contribution < 1.29 is 53.7 Å². The van der Waals surface area contributed by atoms with E-state index in [0.717, 1.165) is 6.26 Å². The summed E-state index contributed by atoms with van der Waals surface area (Å²) in [6.07, 6.45) is -6.17. The van der Waals surface area contributed by atoms with Crippen molar-refractivity contribution in [2.45, 2.75) is 50.3 Å². The molecule has 0 amide bonds. The van der Waals surface area contributed by atoms with E-state index >= 15 is 0 Å². The zero-order valence-corrected chi connectivity index (χ0v) is 16.3. The molecule has 1 saturated heterocycles. The molecule has 0 radical (unpaired) electrons. The van der Waals surface area contributed by atoms with Crippen LogP contribution in [0.3, 0.4) is 0 Å². The molecular weight excluding hydrogens is 392 g/mol. The highest BCUT2D eigenvalue weighted by Gasteiger charge is 2.46. The Morgan fingerprint density at radius 1 is 1.14 bits per heavy atom. The number of hydrogen-bond acceptors (Lipinski definition) is 11. The molecule has 0 aromatic heterocycles. The molecule has 0 unspecified atom stereocenters. The summed E-state index contributed by atoms with van der Waals surface area (Å²) < 4.78 is 25.8. The molecule has 29 heavy (non-hydrogen) atoms. The van der Waals surface area contributed by atoms with Gasteiger partial charge in [-0.05, 0) is 6.92 Å². The Kier molecular flexibility index (Phi) is 8.14. The molecule has 0 spiro atoms. The number of hydrogen-bond donors (Lipinski definition) is 4. The Balaban J connectivity index is 2.27. The maximum Gasteiger partial charge on any atom is 0.337 e. The van der Waals surface area contributed by atoms with Crippen molar-refractivity contribution in [1.29, 1.82) is 0 Å². The molecular formula is C18H26O11. The quantitative estimate of drug-likeness (QED) is 0.289. The molecule has 2 heterocycles. The van der Waals surface area contributed by atoms with Crippen LogP contribution in [0.1, 0.15) is 13.3 Å². The van der Waals surface area contributed by atoms with E-state index in [1.54, 1.807) is 13.0 Å². The van der Waals surface area contributed by atoms with Crippen LogP contribution in [-0.2, 0) is 33.3 Å². The van der Waals surface area contributed by atoms with Crippen LogP contribution in [-0.4, -0.2) is 90.2 Å². The van der Waals surface area contributed by atoms with Gasteiger partial charge in [-0.3, -0.25) is 4.79 Å². The summed E-state index contributed by atoms with van der Waals surface area (Å²) in [5.74, 6) is -2.08. The van der Waals surface area contributed by atoms with Crippen LogP contribution in [0, 0.1) is 5.92 Å². The number of methoxy groups -OCH3 is 2. The molecule has 2 aliphatic heterocycles. The average molecular weight is 418 g/mol. The minimum absolute atomic E-state index is 0.0691. The number of allylic oxidation sites excluding steroid dienone is 1. The van der Waals surface area contributed by atoms with Crippen molar-refractivity contribution >= 4 is 11.9 Å². The van der Waals surface area contributed by atoms with Gasteiger partial charge >= 0.3 is 11.9 Å². The second-order valence-corrected chi connectivity index (χ2v) is 6.49. The number of ether oxygens (including phenoxy) is 5. The van der Waals surface area contributed by atoms with Gasteiger partial charge in [-0.25, -0.2) is 4.79 Å². The van der Waals surface area contributed by atoms with Crippen LogP contribution in [0.2, 0.25) is 0 Å². The first-order valence-corrected chi connectivity index (χ1v) is 8.91. The Hall–Kier alpha value is -2.02. The van der Waals surface area contributed by atoms with Crippen LogP contribution in [0.4, 0.5) is 0 Å². The molecule has 0 bridgehead atoms. The summed E-state index contributed by atoms with van der Waals surface area (Å²) in [5.41, 5.74) is 0.426. The third-order valence-corrected chi connectivity index (χ3v) is 4.83. The van der Waals surface area contributed by atoms with E-state index in [-0.39, 0.29) is 12.0 Å². The van der Waals surface area contributed by atoms with Crippen molar-refractivity contribution in [1.82, 2.24) is 0 Å². The fourth-order valence-corrected chi connectivity index (χ4v) is 3.18. The minimum atomic E-state index is -1.64. The van der Waals surface area contributed by atoms with Crippen molar-refractivity contribution in [3.05, 3.63) is 23.5 Å². The van der Waals surface area contributed by atoms with Crippen molar-refractivity contribution in [3.8, 4) is 0 Å². The number of aliphatic hydroxyl groups is 4. The Morgan fingerprint density at radius 3 is 2.38 bits per heavy atom. The largest absolute Gasteiger partial charge is 0.469 e. The van der Waals surface area contributed by atoms with Crippen LogP contribution in [0.5, 0.6) is 0 Å². The lowest BCUT2D eigenvalue weighted by molar-refractivity contribution is -0.327. The van der Waals surface area contributed by atoms with E-state index < -0.39 is 61.5 Å². The van der Waals surface area contributed by atoms with E-state index in [1.807, 2.05) is 0 Å². The molecule has 2 rings (SSSR count). The second-order valence-electron chi connectivity index (χ2n) is 6.49. The summed E-state index contributed by atoms with van der Waals surface area (Å²) in [7, 11) is 2.39. The van der Waals surface area contributed by atoms with Gasteiger partial charge in [0.2, 0.25) is 6.29 Å². The van der Waals surface area contributed by atoms with Gasteiger partial charge in [0.1, 0.15) is 24.4 Å². The molecule has 0 aromatic carbocycles. The van der Waals surface area contributed by atoms with Crippen LogP contribution < -0.4 is 0 Å². The van der Waals surface area contributed by atoms with Crippen LogP contribution >= 0.6 is 0 Å². The van der Waals surface area contributed by atoms with Gasteiger partial charge in [-0.2, -0.15) is 0 Å². The predicted molar refractivity (Wildman–Crippen MR) is 93.7 cm³/mol. The molecule has 0 saturated carbocycles. The van der Waals surface area contributed by atoms with Crippen molar-refractivity contribution in [3.63, 3.8) is 0 Å². The SMILES string of the molecule is C/C=C1/[C@H](O[C@@H]2O[C@H](CO)[C@@H](O)[C@H](O)[C@H]2O)OC=C(C(=O)OC)[C@H]1CC(=O)OC. The molecule has 1 fully saturated rings. The zero-order valence-electron chi connectivity index (χ0n) is 16.3. The number of esters is 2. The predicted octanol–water partition coefficient (Wildman–Crippen LogP) is -1.66. The molecule has 7 atom stereocenters. The highest BCUT2D eigenvalue weighted by atomic mass is 16.8. The monoisotopic (exact) mass is 418 g/mol. The van der Waals surface area contributed by atoms with Gasteiger partial charge in [0.25, 0.3) is 0 Å². The van der Waals surface area contributed by atoms with Gasteiger partial charge < -0.3 is 44.1 Å². The first kappa shape index (κ1) is 23.3. The van der Waals surface area contributed by atoms with E-state index in [0.29, 0.717) is 5.57 Å². The minimum Gasteiger partial charge on any atom is -0.469 e. The molecule has 4 N–H and O–H groups in total. The molecule has 0 aromatic rings. The van der Waals surface area contributed by atoms with Gasteiger partial charge in [0.15, 0.2) is 6.29 Å². The lowest BCUT2D eigenvalue weighted by Crippen LogP contribution is -2.60. The Labute approximate surface area is 167 Å². The van der Waals surface area contributed by atoms with Gasteiger partial charge in [0, 0.05) is 11.5 Å². The number of aliphatic hydroxyl groups excluding tert-OH is 4. The van der Waals surface area contributed by atoms with Crippen LogP contribution in [0.15, 0.2) is 23.5 Å². The van der Waals surface area contributed by atoms with Crippen molar-refractivity contribution in [2.75, 3.05) is 20.8 Å². The standard InChI is InChI=1S/C18H26O11/c1-4-8-9(5-12(20)25-2)10(16(24)26-3)7-27-17(8)29-18-15(23)14(22)13(21)11(6-19)28-18/h4,7,9,11,13-15,17-19,21-23H,5-6H2,1-3H3/b8-4+/t9-,11+,13+,14-,15+,17-,18-/m0/s1. The zero-order chi connectivity index (χ0) is 21.7. The first-order valence-electron chi connectivity index (χ1n) is 8.91. The molecule has 11 heteroatoms. The number of rotatable bonds is 6. The summed E-state index contributed by atoms with van der Waals surface area (Å²) in [6.45, 7) is 1.01. The normalized spacial score (nSPS) is 36.2. The van der Waals surface area contributed by atoms with Gasteiger partial charge in [-0.1, -0.05) is 6.08 Å². The van der Waals surface area contributed by atoms with Gasteiger partial charge in [0.05, 0.1) is 39.1 Å². The maximum absolute atomic E-state index is 12.1. The lowest BCUT2D eigenvalue weighted by Gasteiger charge is -2.41. The van der Waals surface area contributed by atoms with Crippen LogP contribution in [0.25, 0.3) is 0 Å². The third-order valence-electron chi connectivity index (χ3n) is 4.83. The average Bonchev–Trinajstić information content (AvgIpc) is 2.73. The fraction of sp³-hybridized carbons (Fsp3) is 0.667. The fourth-order valence-electron chi connectivity index (χ4n) is 3.18. The molecule has 11 nitrogen and oxygen atoms in total. The van der Waals surface area contributed by atoms with Gasteiger partial charge in [-0.15, -0.1) is 0 Å². The number of carbonyl (C=O) groups excluding carboxylic acids is 2. The Bertz CT molecular complexity index is 656. The smallest absolute Gasteiger partial charge is 0.337 e. The van der Waals surface area contributed by atoms with Crippen molar-refractivity contribution in [2.24, 2.45) is 5.92 Å². The third kappa shape index (κ3) is 4.94. The number of carbonyl (C=O) groups is 2. The first-order chi connectivity index (χ1) is 13.8. The highest BCUT2D eigenvalue weighted by molar-refractivity contribution is 5.90. The van der Waals surface area contributed by atoms with E-state index in [1.165, 1.54) is 14.2 Å². The molecule has 2 aliphatic rings. The molecule has 164 valence electrons. The Morgan fingerprint density at radius 2 is 1.83 bits per heavy atom. The summed E-state index contributed by atoms with van der Waals surface area (Å²) in [5, 5.41) is 39.2. The molecule has 0 aliphatic carbocycles. The topological polar surface area (TPSA) is 161 Å². The lowest BCUT2D eigenvalue weighted by atomic mass is 9.86. The van der Waals surface area contributed by atoms with E-state index in [4.69, 9.17) is 18.9 Å². The summed E-state index contributed by atoms with van der Waals surface area (Å²) in [6, 6.07) is 0. The highest BCUT2D eigenvalue weighted by Crippen LogP contribution is 2.36. The maximum atomic E-state index is 12.1. The summed E-state index contributed by atoms with van der Waals surface area (Å²) in [4.78, 5) is 23.9. The van der Waals surface area contributed by atoms with E-state index in [9.17, 15) is 30.0 Å². The second kappa shape index (κ2) is 10.1. The van der Waals surface area contributed by atoms with E-state index in [2.05, 4.69) is 4.74 Å². The summed E-state index contributed by atoms with van der Waals surface area (Å²) >= 11 is 0.